The van der Waals surface area contributed by atoms with Crippen LogP contribution in [0, 0.1) is 55.4 Å². The molecule has 0 saturated carbocycles. The van der Waals surface area contributed by atoms with Crippen LogP contribution >= 0.6 is 0 Å². The van der Waals surface area contributed by atoms with Crippen LogP contribution in [0.4, 0.5) is 68.2 Å². The molecule has 1 N–H and O–H groups in total. The number of rotatable bonds is 14. The highest BCUT2D eigenvalue weighted by Gasteiger charge is 2.23. The molecular weight excluding hydrogens is 913 g/mol. The summed E-state index contributed by atoms with van der Waals surface area (Å²) in [5, 5.41) is 7.00. The van der Waals surface area contributed by atoms with Crippen molar-refractivity contribution in [1.29, 1.82) is 0 Å². The van der Waals surface area contributed by atoms with E-state index in [1.54, 1.807) is 0 Å². The van der Waals surface area contributed by atoms with Crippen LogP contribution in [0.5, 0.6) is 0 Å². The summed E-state index contributed by atoms with van der Waals surface area (Å²) in [4.78, 5) is 9.70. The summed E-state index contributed by atoms with van der Waals surface area (Å²) in [5.41, 5.74) is 25.2. The first-order valence-corrected chi connectivity index (χ1v) is 25.9. The predicted molar refractivity (Wildman–Crippen MR) is 320 cm³/mol. The number of aryl methyl sites for hydroxylation is 8. The van der Waals surface area contributed by atoms with Gasteiger partial charge in [-0.05, 0) is 251 Å². The predicted octanol–water partition coefficient (Wildman–Crippen LogP) is 19.2. The molecule has 0 atom stereocenters. The van der Waals surface area contributed by atoms with Gasteiger partial charge >= 0.3 is 0 Å². The molecule has 0 aliphatic heterocycles. The van der Waals surface area contributed by atoms with E-state index in [0.29, 0.717) is 6.42 Å². The Bertz CT molecular complexity index is 2950. The highest BCUT2D eigenvalue weighted by molar-refractivity contribution is 5.87. The molecule has 0 fully saturated rings. The van der Waals surface area contributed by atoms with Gasteiger partial charge in [-0.1, -0.05) is 97.1 Å². The first kappa shape index (κ1) is 51.3. The van der Waals surface area contributed by atoms with Gasteiger partial charge < -0.3 is 24.7 Å². The largest absolute Gasteiger partial charge is 0.400 e. The Morgan fingerprint density at radius 1 is 0.213 bits per heavy atom. The van der Waals surface area contributed by atoms with E-state index < -0.39 is 0 Å². The number of nitrogens with zero attached hydrogens (tertiary/aromatic N) is 4. The maximum Gasteiger partial charge on any atom is 0.0485 e. The highest BCUT2D eigenvalue weighted by atomic mass is 16.2. The van der Waals surface area contributed by atoms with Crippen LogP contribution in [-0.4, -0.2) is 12.2 Å². The van der Waals surface area contributed by atoms with E-state index >= 15 is 0 Å². The topological polar surface area (TPSA) is 33.2 Å². The Hall–Kier alpha value is -8.64. The number of aliphatic hydroxyl groups excluding tert-OH is 1. The number of hydrogen-bond donors (Lipinski definition) is 1. The van der Waals surface area contributed by atoms with Crippen molar-refractivity contribution >= 4 is 68.2 Å². The van der Waals surface area contributed by atoms with Gasteiger partial charge in [0.2, 0.25) is 0 Å². The van der Waals surface area contributed by atoms with Gasteiger partial charge in [0.05, 0.1) is 0 Å². The van der Waals surface area contributed by atoms with E-state index in [-0.39, 0.29) is 0 Å². The molecule has 10 aromatic rings. The van der Waals surface area contributed by atoms with Crippen LogP contribution < -0.4 is 19.6 Å². The standard InChI is InChI=1S/C69H64N4.CH4O/c1-48-17-9-25-58(33-48)70(59-26-10-18-49(2)34-59)66-42-56(43-67(46-66)71(60-27-11-19-50(3)35-60)61-28-12-20-51(4)36-61)41-57-44-68(72(62-29-13-21-52(5)37-62)63-30-14-22-53(6)38-63)47-69(45-57)73(64-31-15-23-54(7)39-64)65-32-16-24-55(8)40-65;1-2/h9-40,42-47H,41H2,1-8H3;2H,1H3. The van der Waals surface area contributed by atoms with Gasteiger partial charge in [0.15, 0.2) is 0 Å². The van der Waals surface area contributed by atoms with Crippen molar-refractivity contribution in [2.75, 3.05) is 26.7 Å². The quantitative estimate of drug-likeness (QED) is 0.117. The molecule has 5 heteroatoms. The Morgan fingerprint density at radius 2 is 0.373 bits per heavy atom. The first-order valence-electron chi connectivity index (χ1n) is 25.9. The second-order valence-electron chi connectivity index (χ2n) is 19.9. The molecule has 374 valence electrons. The van der Waals surface area contributed by atoms with Crippen LogP contribution in [0.15, 0.2) is 231 Å². The summed E-state index contributed by atoms with van der Waals surface area (Å²) in [6, 6.07) is 85.3. The molecule has 0 unspecified atom stereocenters. The monoisotopic (exact) mass is 981 g/mol. The molecule has 0 aliphatic carbocycles. The van der Waals surface area contributed by atoms with Crippen LogP contribution in [0.2, 0.25) is 0 Å². The van der Waals surface area contributed by atoms with Crippen molar-refractivity contribution < 1.29 is 5.11 Å². The molecule has 75 heavy (non-hydrogen) atoms. The zero-order valence-corrected chi connectivity index (χ0v) is 44.9. The molecule has 0 aliphatic rings. The summed E-state index contributed by atoms with van der Waals surface area (Å²) in [5.74, 6) is 0. The van der Waals surface area contributed by atoms with Gasteiger partial charge in [0.25, 0.3) is 0 Å². The minimum absolute atomic E-state index is 0.650. The SMILES string of the molecule is CO.Cc1cccc(N(c2cccc(C)c2)c2cc(Cc3cc(N(c4cccc(C)c4)c4cccc(C)c4)cc(N(c4cccc(C)c4)c4cccc(C)c4)c3)cc(N(c3cccc(C)c3)c3cccc(C)c3)c2)c1. The zero-order valence-electron chi connectivity index (χ0n) is 44.9. The van der Waals surface area contributed by atoms with Crippen molar-refractivity contribution in [2.45, 2.75) is 61.8 Å². The average Bonchev–Trinajstić information content (AvgIpc) is 3.38. The summed E-state index contributed by atoms with van der Waals surface area (Å²) < 4.78 is 0. The second-order valence-corrected chi connectivity index (χ2v) is 19.9. The average molecular weight is 981 g/mol. The molecule has 5 nitrogen and oxygen atoms in total. The Morgan fingerprint density at radius 3 is 0.520 bits per heavy atom. The maximum atomic E-state index is 7.00. The molecule has 0 heterocycles. The van der Waals surface area contributed by atoms with Crippen molar-refractivity contribution in [2.24, 2.45) is 0 Å². The number of anilines is 12. The number of aliphatic hydroxyl groups is 1. The third-order valence-electron chi connectivity index (χ3n) is 13.4. The fraction of sp³-hybridized carbons (Fsp3) is 0.143. The summed E-state index contributed by atoms with van der Waals surface area (Å²) in [6.07, 6.45) is 0.650. The second kappa shape index (κ2) is 23.1. The molecule has 0 radical (unpaired) electrons. The van der Waals surface area contributed by atoms with E-state index in [4.69, 9.17) is 5.11 Å². The lowest BCUT2D eigenvalue weighted by Crippen LogP contribution is -2.15. The lowest BCUT2D eigenvalue weighted by Gasteiger charge is -2.31. The fourth-order valence-corrected chi connectivity index (χ4v) is 10.2. The van der Waals surface area contributed by atoms with Crippen molar-refractivity contribution in [3.63, 3.8) is 0 Å². The van der Waals surface area contributed by atoms with Gasteiger partial charge in [-0.25, -0.2) is 0 Å². The van der Waals surface area contributed by atoms with E-state index in [9.17, 15) is 0 Å². The van der Waals surface area contributed by atoms with E-state index in [0.717, 1.165) is 75.4 Å². The normalized spacial score (nSPS) is 10.9. The summed E-state index contributed by atoms with van der Waals surface area (Å²) in [7, 11) is 1.00. The van der Waals surface area contributed by atoms with Gasteiger partial charge in [-0.3, -0.25) is 0 Å². The van der Waals surface area contributed by atoms with Crippen molar-refractivity contribution in [3.8, 4) is 0 Å². The minimum Gasteiger partial charge on any atom is -0.400 e. The van der Waals surface area contributed by atoms with E-state index in [1.807, 2.05) is 0 Å². The van der Waals surface area contributed by atoms with Crippen LogP contribution in [0.1, 0.15) is 55.6 Å². The van der Waals surface area contributed by atoms with Gasteiger partial charge in [-0.2, -0.15) is 0 Å². The molecule has 0 aromatic heterocycles. The Kier molecular flexibility index (Phi) is 15.8. The third kappa shape index (κ3) is 12.1. The van der Waals surface area contributed by atoms with Crippen LogP contribution in [0.25, 0.3) is 0 Å². The van der Waals surface area contributed by atoms with E-state index in [2.05, 4.69) is 306 Å². The maximum absolute atomic E-state index is 7.00. The van der Waals surface area contributed by atoms with Gasteiger partial charge in [-0.15, -0.1) is 0 Å². The molecular formula is C70H68N4O. The van der Waals surface area contributed by atoms with E-state index in [1.165, 1.54) is 55.6 Å². The molecule has 0 bridgehead atoms. The lowest BCUT2D eigenvalue weighted by molar-refractivity contribution is 0.399. The molecule has 0 amide bonds. The van der Waals surface area contributed by atoms with Crippen LogP contribution in [-0.2, 0) is 6.42 Å². The molecule has 10 aromatic carbocycles. The smallest absolute Gasteiger partial charge is 0.0485 e. The zero-order chi connectivity index (χ0) is 52.6. The Labute approximate surface area is 445 Å². The highest BCUT2D eigenvalue weighted by Crippen LogP contribution is 2.45. The van der Waals surface area contributed by atoms with Gasteiger partial charge in [0.1, 0.15) is 0 Å². The summed E-state index contributed by atoms with van der Waals surface area (Å²) >= 11 is 0. The third-order valence-corrected chi connectivity index (χ3v) is 13.4. The molecule has 0 spiro atoms. The van der Waals surface area contributed by atoms with Gasteiger partial charge in [0, 0.05) is 75.4 Å². The minimum atomic E-state index is 0.650. The van der Waals surface area contributed by atoms with Crippen molar-refractivity contribution in [3.05, 3.63) is 286 Å². The molecule has 0 saturated heterocycles. The lowest BCUT2D eigenvalue weighted by atomic mass is 9.99. The number of benzene rings is 10. The number of hydrogen-bond acceptors (Lipinski definition) is 5. The van der Waals surface area contributed by atoms with Crippen LogP contribution in [0.3, 0.4) is 0 Å². The fourth-order valence-electron chi connectivity index (χ4n) is 10.2. The molecule has 10 rings (SSSR count). The Balaban J connectivity index is 0.00000340. The van der Waals surface area contributed by atoms with Crippen molar-refractivity contribution in [1.82, 2.24) is 0 Å². The summed E-state index contributed by atoms with van der Waals surface area (Å²) in [6.45, 7) is 17.4. The first-order chi connectivity index (χ1) is 36.4.